The number of benzene rings is 4. The van der Waals surface area contributed by atoms with E-state index in [9.17, 15) is 0 Å². The molecule has 0 saturated heterocycles. The molecular weight excluding hydrogens is 388 g/mol. The van der Waals surface area contributed by atoms with Gasteiger partial charge in [-0.05, 0) is 61.2 Å². The fraction of sp³-hybridized carbons (Fsp3) is 0.0769. The lowest BCUT2D eigenvalue weighted by Gasteiger charge is -2.23. The second-order valence-electron chi connectivity index (χ2n) is 7.38. The van der Waals surface area contributed by atoms with E-state index >= 15 is 0 Å². The van der Waals surface area contributed by atoms with Gasteiger partial charge in [-0.2, -0.15) is 0 Å². The molecule has 29 heavy (non-hydrogen) atoms. The minimum atomic E-state index is -0.538. The fourth-order valence-electron chi connectivity index (χ4n) is 4.67. The summed E-state index contributed by atoms with van der Waals surface area (Å²) in [7, 11) is -1.08. The Morgan fingerprint density at radius 2 is 0.759 bits per heavy atom. The number of rotatable bonds is 3. The first-order valence-electron chi connectivity index (χ1n) is 10.1. The zero-order chi connectivity index (χ0) is 19.4. The standard InChI is InChI=1S/C26H21NP2/c1-2-27(28-23-15-7-3-11-19(23)20-12-4-8-16-24(20)28)29-25-17-9-5-13-21(25)22-14-6-10-18-26(22)29/h3-18H,2H2,1H3. The maximum absolute atomic E-state index is 2.82. The van der Waals surface area contributed by atoms with Gasteiger partial charge in [-0.25, -0.2) is 4.44 Å². The van der Waals surface area contributed by atoms with Gasteiger partial charge in [-0.15, -0.1) is 0 Å². The molecule has 4 aromatic carbocycles. The van der Waals surface area contributed by atoms with E-state index < -0.39 is 15.4 Å². The Morgan fingerprint density at radius 3 is 1.03 bits per heavy atom. The topological polar surface area (TPSA) is 3.24 Å². The first-order valence-corrected chi connectivity index (χ1v) is 12.7. The highest BCUT2D eigenvalue weighted by atomic mass is 31.2. The Balaban J connectivity index is 1.77. The molecule has 2 aromatic heterocycles. The van der Waals surface area contributed by atoms with Crippen LogP contribution in [-0.2, 0) is 0 Å². The average molecular weight is 409 g/mol. The van der Waals surface area contributed by atoms with Crippen molar-refractivity contribution in [3.63, 3.8) is 0 Å². The minimum Gasteiger partial charge on any atom is -0.215 e. The predicted molar refractivity (Wildman–Crippen MR) is 132 cm³/mol. The Morgan fingerprint density at radius 1 is 0.483 bits per heavy atom. The van der Waals surface area contributed by atoms with Gasteiger partial charge < -0.3 is 0 Å². The molecule has 0 saturated carbocycles. The summed E-state index contributed by atoms with van der Waals surface area (Å²) in [5.74, 6) is 0. The second kappa shape index (κ2) is 6.75. The van der Waals surface area contributed by atoms with Crippen LogP contribution in [0.1, 0.15) is 6.92 Å². The average Bonchev–Trinajstić information content (AvgIpc) is 3.29. The van der Waals surface area contributed by atoms with Crippen molar-refractivity contribution in [2.75, 3.05) is 11.0 Å². The third kappa shape index (κ3) is 2.46. The van der Waals surface area contributed by atoms with Crippen molar-refractivity contribution in [1.29, 1.82) is 0 Å². The molecule has 2 heterocycles. The second-order valence-corrected chi connectivity index (χ2v) is 11.8. The summed E-state index contributed by atoms with van der Waals surface area (Å²) in [5.41, 5.74) is 0. The van der Waals surface area contributed by atoms with E-state index in [0.717, 1.165) is 6.54 Å². The molecule has 0 aliphatic rings. The highest BCUT2D eigenvalue weighted by Gasteiger charge is 2.22. The fourth-order valence-corrected chi connectivity index (χ4v) is 11.2. The van der Waals surface area contributed by atoms with Crippen molar-refractivity contribution in [1.82, 2.24) is 0 Å². The van der Waals surface area contributed by atoms with Crippen LogP contribution >= 0.6 is 15.4 Å². The van der Waals surface area contributed by atoms with Crippen molar-refractivity contribution in [2.24, 2.45) is 0 Å². The molecule has 3 heteroatoms. The summed E-state index contributed by atoms with van der Waals surface area (Å²) in [4.78, 5) is 0. The molecule has 6 rings (SSSR count). The molecule has 0 fully saturated rings. The zero-order valence-corrected chi connectivity index (χ0v) is 18.1. The van der Waals surface area contributed by atoms with Crippen LogP contribution in [0, 0.1) is 0 Å². The SMILES string of the molecule is CCN(p1c2ccccc2c2ccccc21)p1c2ccccc2c2ccccc21. The van der Waals surface area contributed by atoms with Crippen molar-refractivity contribution in [3.8, 4) is 0 Å². The quantitative estimate of drug-likeness (QED) is 0.283. The van der Waals surface area contributed by atoms with Crippen LogP contribution in [0.3, 0.4) is 0 Å². The van der Waals surface area contributed by atoms with E-state index in [1.54, 1.807) is 0 Å². The number of hydrogen-bond acceptors (Lipinski definition) is 1. The zero-order valence-electron chi connectivity index (χ0n) is 16.3. The van der Waals surface area contributed by atoms with Crippen LogP contribution in [0.5, 0.6) is 0 Å². The van der Waals surface area contributed by atoms with Gasteiger partial charge in [0.05, 0.1) is 0 Å². The Bertz CT molecular complexity index is 1290. The Kier molecular flexibility index (Phi) is 4.03. The van der Waals surface area contributed by atoms with Crippen molar-refractivity contribution >= 4 is 57.4 Å². The minimum absolute atomic E-state index is 0.538. The lowest BCUT2D eigenvalue weighted by Crippen LogP contribution is -2.07. The van der Waals surface area contributed by atoms with Gasteiger partial charge in [0.1, 0.15) is 0 Å². The lowest BCUT2D eigenvalue weighted by atomic mass is 10.2. The van der Waals surface area contributed by atoms with E-state index in [1.165, 1.54) is 42.0 Å². The maximum Gasteiger partial charge on any atom is 0.0172 e. The molecule has 0 unspecified atom stereocenters. The third-order valence-electron chi connectivity index (χ3n) is 5.85. The molecule has 0 bridgehead atoms. The lowest BCUT2D eigenvalue weighted by molar-refractivity contribution is 1.19. The molecule has 0 spiro atoms. The first kappa shape index (κ1) is 17.3. The van der Waals surface area contributed by atoms with Crippen LogP contribution in [0.15, 0.2) is 97.1 Å². The monoisotopic (exact) mass is 409 g/mol. The third-order valence-corrected chi connectivity index (χ3v) is 11.8. The Hall–Kier alpha value is -2.56. The van der Waals surface area contributed by atoms with Gasteiger partial charge in [-0.3, -0.25) is 0 Å². The van der Waals surface area contributed by atoms with E-state index in [1.807, 2.05) is 0 Å². The van der Waals surface area contributed by atoms with Crippen LogP contribution in [0.2, 0.25) is 0 Å². The molecule has 6 aromatic rings. The summed E-state index contributed by atoms with van der Waals surface area (Å²) in [6, 6.07) is 36.1. The molecule has 0 atom stereocenters. The molecule has 1 nitrogen and oxygen atoms in total. The Labute approximate surface area is 172 Å². The molecule has 140 valence electrons. The summed E-state index contributed by atoms with van der Waals surface area (Å²) < 4.78 is 2.82. The number of nitrogens with zero attached hydrogens (tertiary/aromatic N) is 1. The van der Waals surface area contributed by atoms with E-state index in [0.29, 0.717) is 0 Å². The van der Waals surface area contributed by atoms with Crippen LogP contribution in [0.25, 0.3) is 42.0 Å². The van der Waals surface area contributed by atoms with Gasteiger partial charge in [0, 0.05) is 27.0 Å². The summed E-state index contributed by atoms with van der Waals surface area (Å²) in [5, 5.41) is 11.7. The summed E-state index contributed by atoms with van der Waals surface area (Å²) >= 11 is 0. The van der Waals surface area contributed by atoms with Crippen LogP contribution in [0.4, 0.5) is 0 Å². The first-order chi connectivity index (χ1) is 14.4. The summed E-state index contributed by atoms with van der Waals surface area (Å²) in [6.45, 7) is 3.38. The molecular formula is C26H21NP2. The highest BCUT2D eigenvalue weighted by molar-refractivity contribution is 7.79. The van der Waals surface area contributed by atoms with Crippen molar-refractivity contribution < 1.29 is 0 Å². The van der Waals surface area contributed by atoms with E-state index in [4.69, 9.17) is 0 Å². The van der Waals surface area contributed by atoms with Crippen molar-refractivity contribution in [3.05, 3.63) is 97.1 Å². The number of hydrogen-bond donors (Lipinski definition) is 0. The molecule has 0 amide bonds. The van der Waals surface area contributed by atoms with Gasteiger partial charge in [0.2, 0.25) is 0 Å². The largest absolute Gasteiger partial charge is 0.215 e. The smallest absolute Gasteiger partial charge is 0.0172 e. The molecule has 0 aliphatic heterocycles. The molecule has 0 N–H and O–H groups in total. The molecule has 0 aliphatic carbocycles. The highest BCUT2D eigenvalue weighted by Crippen LogP contribution is 2.60. The van der Waals surface area contributed by atoms with E-state index in [2.05, 4.69) is 108 Å². The normalized spacial score (nSPS) is 12.1. The van der Waals surface area contributed by atoms with Gasteiger partial charge in [-0.1, -0.05) is 79.7 Å². The van der Waals surface area contributed by atoms with Crippen LogP contribution < -0.4 is 4.44 Å². The van der Waals surface area contributed by atoms with E-state index in [-0.39, 0.29) is 0 Å². The maximum atomic E-state index is 2.82. The van der Waals surface area contributed by atoms with Gasteiger partial charge in [0.15, 0.2) is 0 Å². The van der Waals surface area contributed by atoms with Gasteiger partial charge >= 0.3 is 0 Å². The molecule has 0 radical (unpaired) electrons. The van der Waals surface area contributed by atoms with Crippen molar-refractivity contribution in [2.45, 2.75) is 6.92 Å². The predicted octanol–water partition coefficient (Wildman–Crippen LogP) is 8.69. The number of fused-ring (bicyclic) bond motifs is 6. The summed E-state index contributed by atoms with van der Waals surface area (Å²) in [6.07, 6.45) is 0. The van der Waals surface area contributed by atoms with Gasteiger partial charge in [0.25, 0.3) is 0 Å². The van der Waals surface area contributed by atoms with Crippen LogP contribution in [-0.4, -0.2) is 6.54 Å².